The van der Waals surface area contributed by atoms with Crippen molar-refractivity contribution in [3.05, 3.63) is 75.1 Å². The molecule has 0 N–H and O–H groups in total. The topological polar surface area (TPSA) is 93.9 Å². The Hall–Kier alpha value is -3.13. The van der Waals surface area contributed by atoms with Crippen molar-refractivity contribution in [1.29, 1.82) is 0 Å². The summed E-state index contributed by atoms with van der Waals surface area (Å²) in [6.07, 6.45) is 0.348. The largest absolute Gasteiger partial charge is 0.494 e. The molecule has 0 saturated carbocycles. The first-order valence-electron chi connectivity index (χ1n) is 11.0. The van der Waals surface area contributed by atoms with Gasteiger partial charge in [0.25, 0.3) is 5.91 Å². The minimum Gasteiger partial charge on any atom is -0.494 e. The summed E-state index contributed by atoms with van der Waals surface area (Å²) >= 11 is 0. The Morgan fingerprint density at radius 3 is 2.52 bits per heavy atom. The molecule has 3 aromatic rings. The van der Waals surface area contributed by atoms with Crippen LogP contribution in [-0.4, -0.2) is 43.4 Å². The molecular formula is C25H27NO6S. The van der Waals surface area contributed by atoms with Crippen molar-refractivity contribution in [2.45, 2.75) is 39.8 Å². The van der Waals surface area contributed by atoms with Gasteiger partial charge in [0.15, 0.2) is 21.0 Å². The summed E-state index contributed by atoms with van der Waals surface area (Å²) in [5, 5.41) is 0.413. The first-order chi connectivity index (χ1) is 15.7. The van der Waals surface area contributed by atoms with Crippen LogP contribution in [-0.2, 0) is 16.4 Å². The highest BCUT2D eigenvalue weighted by Crippen LogP contribution is 2.25. The summed E-state index contributed by atoms with van der Waals surface area (Å²) in [7, 11) is -3.22. The Kier molecular flexibility index (Phi) is 6.30. The molecule has 1 aliphatic rings. The fourth-order valence-electron chi connectivity index (χ4n) is 4.14. The Balaban J connectivity index is 1.73. The molecule has 174 valence electrons. The summed E-state index contributed by atoms with van der Waals surface area (Å²) in [5.74, 6) is 0.0624. The number of amides is 1. The summed E-state index contributed by atoms with van der Waals surface area (Å²) in [6, 6.07) is 11.6. The van der Waals surface area contributed by atoms with Gasteiger partial charge in [-0.15, -0.1) is 0 Å². The van der Waals surface area contributed by atoms with Crippen molar-refractivity contribution in [1.82, 2.24) is 4.90 Å². The van der Waals surface area contributed by atoms with E-state index in [-0.39, 0.29) is 29.2 Å². The number of sulfone groups is 1. The average molecular weight is 470 g/mol. The van der Waals surface area contributed by atoms with Crippen molar-refractivity contribution in [2.75, 3.05) is 18.1 Å². The lowest BCUT2D eigenvalue weighted by Crippen LogP contribution is -2.40. The number of hydrogen-bond acceptors (Lipinski definition) is 6. The highest BCUT2D eigenvalue weighted by atomic mass is 32.2. The number of benzene rings is 2. The van der Waals surface area contributed by atoms with Crippen LogP contribution in [0.15, 0.2) is 51.7 Å². The van der Waals surface area contributed by atoms with Crippen LogP contribution >= 0.6 is 0 Å². The predicted octanol–water partition coefficient (Wildman–Crippen LogP) is 3.64. The van der Waals surface area contributed by atoms with E-state index >= 15 is 0 Å². The molecule has 33 heavy (non-hydrogen) atoms. The molecule has 1 unspecified atom stereocenters. The predicted molar refractivity (Wildman–Crippen MR) is 127 cm³/mol. The third-order valence-corrected chi connectivity index (χ3v) is 7.87. The maximum atomic E-state index is 13.6. The smallest absolute Gasteiger partial charge is 0.290 e. The van der Waals surface area contributed by atoms with E-state index in [1.54, 1.807) is 6.07 Å². The van der Waals surface area contributed by atoms with E-state index in [1.807, 2.05) is 51.1 Å². The van der Waals surface area contributed by atoms with Gasteiger partial charge < -0.3 is 14.1 Å². The fraction of sp³-hybridized carbons (Fsp3) is 0.360. The summed E-state index contributed by atoms with van der Waals surface area (Å²) in [4.78, 5) is 27.8. The number of nitrogens with zero attached hydrogens (tertiary/aromatic N) is 1. The van der Waals surface area contributed by atoms with Gasteiger partial charge in [-0.2, -0.15) is 0 Å². The van der Waals surface area contributed by atoms with E-state index in [0.29, 0.717) is 29.7 Å². The molecule has 1 fully saturated rings. The van der Waals surface area contributed by atoms with Gasteiger partial charge >= 0.3 is 0 Å². The molecule has 0 bridgehead atoms. The molecule has 2 aromatic carbocycles. The van der Waals surface area contributed by atoms with E-state index in [9.17, 15) is 18.0 Å². The Morgan fingerprint density at radius 2 is 1.88 bits per heavy atom. The second kappa shape index (κ2) is 9.02. The molecule has 0 aliphatic carbocycles. The third kappa shape index (κ3) is 4.80. The quantitative estimate of drug-likeness (QED) is 0.547. The SMILES string of the molecule is CCOc1ccc(CN(C(=O)c2cc(=O)c3ccc(C)c(C)c3o2)C2CCS(=O)(=O)C2)cc1. The zero-order chi connectivity index (χ0) is 23.8. The van der Waals surface area contributed by atoms with Gasteiger partial charge in [0.1, 0.15) is 11.3 Å². The van der Waals surface area contributed by atoms with Gasteiger partial charge in [0.2, 0.25) is 0 Å². The number of rotatable bonds is 6. The molecule has 1 aliphatic heterocycles. The fourth-order valence-corrected chi connectivity index (χ4v) is 5.87. The van der Waals surface area contributed by atoms with Crippen molar-refractivity contribution in [3.8, 4) is 5.75 Å². The van der Waals surface area contributed by atoms with Crippen LogP contribution < -0.4 is 10.2 Å². The van der Waals surface area contributed by atoms with Crippen LogP contribution in [0.3, 0.4) is 0 Å². The molecule has 0 spiro atoms. The minimum atomic E-state index is -3.22. The zero-order valence-corrected chi connectivity index (χ0v) is 19.8. The monoisotopic (exact) mass is 469 g/mol. The second-order valence-corrected chi connectivity index (χ2v) is 10.7. The standard InChI is InChI=1S/C25H27NO6S/c1-4-31-20-8-6-18(7-9-20)14-26(19-11-12-33(29,30)15-19)25(28)23-13-22(27)21-10-5-16(2)17(3)24(21)32-23/h5-10,13,19H,4,11-12,14-15H2,1-3H3. The molecule has 0 radical (unpaired) electrons. The molecule has 1 aromatic heterocycles. The normalized spacial score (nSPS) is 17.2. The van der Waals surface area contributed by atoms with Crippen LogP contribution in [0.5, 0.6) is 5.75 Å². The van der Waals surface area contributed by atoms with Gasteiger partial charge in [-0.1, -0.05) is 18.2 Å². The van der Waals surface area contributed by atoms with E-state index in [1.165, 1.54) is 11.0 Å². The first kappa shape index (κ1) is 23.0. The van der Waals surface area contributed by atoms with Crippen molar-refractivity contribution in [2.24, 2.45) is 0 Å². The average Bonchev–Trinajstić information content (AvgIpc) is 3.15. The molecule has 1 saturated heterocycles. The van der Waals surface area contributed by atoms with Gasteiger partial charge in [-0.25, -0.2) is 8.42 Å². The number of hydrogen-bond donors (Lipinski definition) is 0. The third-order valence-electron chi connectivity index (χ3n) is 6.12. The highest BCUT2D eigenvalue weighted by Gasteiger charge is 2.36. The Morgan fingerprint density at radius 1 is 1.15 bits per heavy atom. The van der Waals surface area contributed by atoms with Gasteiger partial charge in [-0.3, -0.25) is 9.59 Å². The summed E-state index contributed by atoms with van der Waals surface area (Å²) in [5.41, 5.74) is 2.64. The summed E-state index contributed by atoms with van der Waals surface area (Å²) in [6.45, 7) is 6.39. The lowest BCUT2D eigenvalue weighted by atomic mass is 10.1. The number of ether oxygens (including phenoxy) is 1. The van der Waals surface area contributed by atoms with E-state index in [2.05, 4.69) is 0 Å². The Bertz CT molecular complexity index is 1360. The maximum absolute atomic E-state index is 13.6. The lowest BCUT2D eigenvalue weighted by molar-refractivity contribution is 0.0648. The van der Waals surface area contributed by atoms with Crippen LogP contribution in [0.2, 0.25) is 0 Å². The van der Waals surface area contributed by atoms with Gasteiger partial charge in [0.05, 0.1) is 23.5 Å². The van der Waals surface area contributed by atoms with Crippen LogP contribution in [0.25, 0.3) is 11.0 Å². The summed E-state index contributed by atoms with van der Waals surface area (Å²) < 4.78 is 35.7. The molecule has 4 rings (SSSR count). The van der Waals surface area contributed by atoms with Crippen LogP contribution in [0, 0.1) is 13.8 Å². The van der Waals surface area contributed by atoms with Gasteiger partial charge in [-0.05, 0) is 62.1 Å². The molecule has 1 atom stereocenters. The van der Waals surface area contributed by atoms with E-state index in [0.717, 1.165) is 16.7 Å². The molecule has 7 nitrogen and oxygen atoms in total. The molecular weight excluding hydrogens is 442 g/mol. The molecule has 8 heteroatoms. The minimum absolute atomic E-state index is 0.0324. The Labute approximate surface area is 192 Å². The number of carbonyl (C=O) groups excluding carboxylic acids is 1. The highest BCUT2D eigenvalue weighted by molar-refractivity contribution is 7.91. The van der Waals surface area contributed by atoms with E-state index < -0.39 is 21.8 Å². The first-order valence-corrected chi connectivity index (χ1v) is 12.8. The van der Waals surface area contributed by atoms with Crippen molar-refractivity contribution < 1.29 is 22.4 Å². The molecule has 2 heterocycles. The second-order valence-electron chi connectivity index (χ2n) is 8.43. The number of fused-ring (bicyclic) bond motifs is 1. The lowest BCUT2D eigenvalue weighted by Gasteiger charge is -2.28. The maximum Gasteiger partial charge on any atom is 0.290 e. The number of aryl methyl sites for hydroxylation is 2. The van der Waals surface area contributed by atoms with Crippen LogP contribution in [0.4, 0.5) is 0 Å². The zero-order valence-electron chi connectivity index (χ0n) is 19.0. The van der Waals surface area contributed by atoms with Crippen LogP contribution in [0.1, 0.15) is 40.6 Å². The van der Waals surface area contributed by atoms with Crippen molar-refractivity contribution in [3.63, 3.8) is 0 Å². The molecule has 1 amide bonds. The van der Waals surface area contributed by atoms with E-state index in [4.69, 9.17) is 9.15 Å². The van der Waals surface area contributed by atoms with Gasteiger partial charge in [0, 0.05) is 18.7 Å². The van der Waals surface area contributed by atoms with Crippen molar-refractivity contribution >= 4 is 26.7 Å². The number of carbonyl (C=O) groups is 1.